The fourth-order valence-corrected chi connectivity index (χ4v) is 8.45. The number of thioether (sulfide) groups is 1. The van der Waals surface area contributed by atoms with Crippen molar-refractivity contribution >= 4 is 62.4 Å². The largest absolute Gasteiger partial charge is 0.353 e. The normalized spacial score (nSPS) is 18.0. The Balaban J connectivity index is 1.43. The van der Waals surface area contributed by atoms with Crippen LogP contribution >= 0.6 is 34.7 Å². The molecule has 2 heterocycles. The second kappa shape index (κ2) is 16.9. The van der Waals surface area contributed by atoms with Crippen molar-refractivity contribution in [3.63, 3.8) is 0 Å². The van der Waals surface area contributed by atoms with Gasteiger partial charge in [0.25, 0.3) is 0 Å². The Hall–Kier alpha value is -1.74. The van der Waals surface area contributed by atoms with Gasteiger partial charge in [-0.05, 0) is 43.4 Å². The third-order valence-corrected chi connectivity index (χ3v) is 10.7. The van der Waals surface area contributed by atoms with Gasteiger partial charge in [0.05, 0.1) is 21.1 Å². The van der Waals surface area contributed by atoms with Crippen molar-refractivity contribution in [2.45, 2.75) is 90.0 Å². The number of rotatable bonds is 16. The van der Waals surface area contributed by atoms with E-state index in [1.165, 1.54) is 43.4 Å². The Morgan fingerprint density at radius 3 is 2.64 bits per heavy atom. The predicted molar refractivity (Wildman–Crippen MR) is 177 cm³/mol. The molecule has 0 unspecified atom stereocenters. The Kier molecular flexibility index (Phi) is 13.4. The lowest BCUT2D eigenvalue weighted by Gasteiger charge is -2.29. The van der Waals surface area contributed by atoms with E-state index in [4.69, 9.17) is 16.6 Å². The Morgan fingerprint density at radius 2 is 1.90 bits per heavy atom. The summed E-state index contributed by atoms with van der Waals surface area (Å²) in [4.78, 5) is 46.7. The molecule has 1 saturated carbocycles. The lowest BCUT2D eigenvalue weighted by Crippen LogP contribution is -2.42. The third-order valence-electron chi connectivity index (χ3n) is 8.51. The van der Waals surface area contributed by atoms with Crippen molar-refractivity contribution in [1.29, 1.82) is 0 Å². The van der Waals surface area contributed by atoms with Crippen LogP contribution in [0, 0.1) is 11.8 Å². The second-order valence-electron chi connectivity index (χ2n) is 12.0. The zero-order chi connectivity index (χ0) is 29.9. The van der Waals surface area contributed by atoms with E-state index in [1.54, 1.807) is 0 Å². The highest BCUT2D eigenvalue weighted by Gasteiger charge is 2.28. The van der Waals surface area contributed by atoms with E-state index in [0.29, 0.717) is 48.7 Å². The van der Waals surface area contributed by atoms with Crippen molar-refractivity contribution < 1.29 is 14.4 Å². The molecule has 1 aromatic carbocycles. The molecule has 4 rings (SSSR count). The van der Waals surface area contributed by atoms with Crippen LogP contribution in [0.25, 0.3) is 10.2 Å². The Labute approximate surface area is 264 Å². The molecule has 0 radical (unpaired) electrons. The van der Waals surface area contributed by atoms with E-state index in [9.17, 15) is 14.4 Å². The maximum absolute atomic E-state index is 13.8. The molecule has 2 aromatic rings. The standard InChI is InChI=1S/C33H46ClN3O3S2/c1-3-7-28(38)19-25(20-32-36-29-12-10-26(34)21-31(29)42-32)33(40)35-27(18-24-8-5-4-6-9-24)11-13-30(39)23(2)22-37-14-16-41-17-15-37/h10,12,21,24-25,27H,2-9,11,13-20,22H2,1H3,(H,35,40)/t25-,27+/m0/s1. The van der Waals surface area contributed by atoms with E-state index in [1.807, 2.05) is 36.9 Å². The predicted octanol–water partition coefficient (Wildman–Crippen LogP) is 7.28. The molecule has 9 heteroatoms. The van der Waals surface area contributed by atoms with Gasteiger partial charge in [0.15, 0.2) is 5.78 Å². The van der Waals surface area contributed by atoms with Gasteiger partial charge in [0.1, 0.15) is 5.78 Å². The van der Waals surface area contributed by atoms with E-state index in [0.717, 1.165) is 52.7 Å². The van der Waals surface area contributed by atoms with Gasteiger partial charge in [-0.1, -0.05) is 57.2 Å². The molecule has 2 aliphatic rings. The number of benzene rings is 1. The number of halogens is 1. The van der Waals surface area contributed by atoms with Gasteiger partial charge in [-0.3, -0.25) is 19.3 Å². The van der Waals surface area contributed by atoms with E-state index < -0.39 is 5.92 Å². The first-order valence-corrected chi connectivity index (χ1v) is 18.0. The van der Waals surface area contributed by atoms with Crippen molar-refractivity contribution in [2.24, 2.45) is 11.8 Å². The van der Waals surface area contributed by atoms with Crippen molar-refractivity contribution in [3.8, 4) is 0 Å². The second-order valence-corrected chi connectivity index (χ2v) is 14.8. The van der Waals surface area contributed by atoms with Crippen LogP contribution in [0.2, 0.25) is 5.02 Å². The number of nitrogens with zero attached hydrogens (tertiary/aromatic N) is 2. The molecule has 2 fully saturated rings. The molecule has 0 spiro atoms. The van der Waals surface area contributed by atoms with E-state index >= 15 is 0 Å². The average molecular weight is 632 g/mol. The molecule has 42 heavy (non-hydrogen) atoms. The van der Waals surface area contributed by atoms with Crippen LogP contribution in [0.15, 0.2) is 30.4 Å². The quantitative estimate of drug-likeness (QED) is 0.196. The average Bonchev–Trinajstić information content (AvgIpc) is 3.38. The molecule has 1 N–H and O–H groups in total. The molecule has 230 valence electrons. The zero-order valence-electron chi connectivity index (χ0n) is 25.0. The summed E-state index contributed by atoms with van der Waals surface area (Å²) in [7, 11) is 0. The molecular weight excluding hydrogens is 586 g/mol. The minimum Gasteiger partial charge on any atom is -0.353 e. The summed E-state index contributed by atoms with van der Waals surface area (Å²) in [5, 5.41) is 4.81. The van der Waals surface area contributed by atoms with Crippen LogP contribution in [-0.4, -0.2) is 64.5 Å². The summed E-state index contributed by atoms with van der Waals surface area (Å²) in [6.07, 6.45) is 9.79. The minimum absolute atomic E-state index is 0.0957. The number of hydrogen-bond donors (Lipinski definition) is 1. The van der Waals surface area contributed by atoms with Gasteiger partial charge < -0.3 is 5.32 Å². The van der Waals surface area contributed by atoms with Crippen LogP contribution in [-0.2, 0) is 20.8 Å². The molecular formula is C33H46ClN3O3S2. The van der Waals surface area contributed by atoms with E-state index in [2.05, 4.69) is 16.8 Å². The van der Waals surface area contributed by atoms with E-state index in [-0.39, 0.29) is 29.9 Å². The molecule has 1 aromatic heterocycles. The summed E-state index contributed by atoms with van der Waals surface area (Å²) in [6, 6.07) is 5.51. The molecule has 0 bridgehead atoms. The first-order chi connectivity index (χ1) is 20.3. The molecule has 2 atom stereocenters. The maximum Gasteiger partial charge on any atom is 0.224 e. The summed E-state index contributed by atoms with van der Waals surface area (Å²) < 4.78 is 0.980. The summed E-state index contributed by atoms with van der Waals surface area (Å²) in [5.41, 5.74) is 1.53. The van der Waals surface area contributed by atoms with Crippen molar-refractivity contribution in [2.75, 3.05) is 31.1 Å². The Morgan fingerprint density at radius 1 is 1.14 bits per heavy atom. The number of thiazole rings is 1. The SMILES string of the molecule is C=C(CN1CCSCC1)C(=O)CC[C@H](CC1CCCCC1)NC(=O)[C@@H](CC(=O)CCC)Cc1nc2ccc(Cl)cc2s1. The lowest BCUT2D eigenvalue weighted by molar-refractivity contribution is -0.130. The minimum atomic E-state index is -0.489. The summed E-state index contributed by atoms with van der Waals surface area (Å²) in [5.74, 6) is 2.37. The first kappa shape index (κ1) is 33.2. The summed E-state index contributed by atoms with van der Waals surface area (Å²) in [6.45, 7) is 8.73. The van der Waals surface area contributed by atoms with Crippen LogP contribution < -0.4 is 5.32 Å². The number of Topliss-reactive ketones (excluding diaryl/α,β-unsaturated/α-hetero) is 2. The molecule has 6 nitrogen and oxygen atoms in total. The number of ketones is 2. The van der Waals surface area contributed by atoms with Crippen LogP contribution in [0.4, 0.5) is 0 Å². The molecule has 1 amide bonds. The number of carbonyl (C=O) groups is 3. The monoisotopic (exact) mass is 631 g/mol. The van der Waals surface area contributed by atoms with Crippen LogP contribution in [0.1, 0.15) is 82.6 Å². The fourth-order valence-electron chi connectivity index (χ4n) is 6.15. The fraction of sp³-hybridized carbons (Fsp3) is 0.636. The number of amides is 1. The number of carbonyl (C=O) groups excluding carboxylic acids is 3. The highest BCUT2D eigenvalue weighted by Crippen LogP contribution is 2.30. The number of fused-ring (bicyclic) bond motifs is 1. The topological polar surface area (TPSA) is 79.4 Å². The molecule has 1 aliphatic heterocycles. The van der Waals surface area contributed by atoms with Gasteiger partial charge >= 0.3 is 0 Å². The van der Waals surface area contributed by atoms with Gasteiger partial charge in [0, 0.05) is 73.5 Å². The van der Waals surface area contributed by atoms with Crippen molar-refractivity contribution in [1.82, 2.24) is 15.2 Å². The van der Waals surface area contributed by atoms with Gasteiger partial charge in [-0.15, -0.1) is 11.3 Å². The van der Waals surface area contributed by atoms with Gasteiger partial charge in [-0.2, -0.15) is 11.8 Å². The maximum atomic E-state index is 13.8. The van der Waals surface area contributed by atoms with Crippen molar-refractivity contribution in [3.05, 3.63) is 40.4 Å². The summed E-state index contributed by atoms with van der Waals surface area (Å²) >= 11 is 9.67. The highest BCUT2D eigenvalue weighted by atomic mass is 35.5. The zero-order valence-corrected chi connectivity index (χ0v) is 27.4. The van der Waals surface area contributed by atoms with Gasteiger partial charge in [-0.25, -0.2) is 4.98 Å². The number of hydrogen-bond acceptors (Lipinski definition) is 7. The lowest BCUT2D eigenvalue weighted by atomic mass is 9.83. The third kappa shape index (κ3) is 10.5. The number of nitrogens with one attached hydrogen (secondary N) is 1. The van der Waals surface area contributed by atoms with Crippen LogP contribution in [0.3, 0.4) is 0 Å². The van der Waals surface area contributed by atoms with Gasteiger partial charge in [0.2, 0.25) is 5.91 Å². The Bertz CT molecular complexity index is 1220. The van der Waals surface area contributed by atoms with Crippen LogP contribution in [0.5, 0.6) is 0 Å². The highest BCUT2D eigenvalue weighted by molar-refractivity contribution is 7.99. The molecule has 1 aliphatic carbocycles. The first-order valence-electron chi connectivity index (χ1n) is 15.7. The smallest absolute Gasteiger partial charge is 0.224 e. The molecule has 1 saturated heterocycles. The number of aromatic nitrogens is 1.